The first-order chi connectivity index (χ1) is 9.27. The molecule has 0 aliphatic carbocycles. The normalized spacial score (nSPS) is 12.6. The Morgan fingerprint density at radius 1 is 1.21 bits per heavy atom. The molecular weight excluding hydrogens is 302 g/mol. The Morgan fingerprint density at radius 2 is 2.00 bits per heavy atom. The summed E-state index contributed by atoms with van der Waals surface area (Å²) in [5, 5.41) is 3.46. The van der Waals surface area contributed by atoms with Crippen LogP contribution < -0.4 is 5.32 Å². The number of halogens is 1. The highest BCUT2D eigenvalue weighted by Crippen LogP contribution is 2.20. The van der Waals surface area contributed by atoms with Crippen LogP contribution in [0.4, 0.5) is 0 Å². The maximum absolute atomic E-state index is 5.62. The van der Waals surface area contributed by atoms with E-state index in [1.165, 1.54) is 10.0 Å². The van der Waals surface area contributed by atoms with E-state index in [4.69, 9.17) is 4.74 Å². The fourth-order valence-electron chi connectivity index (χ4n) is 2.10. The topological polar surface area (TPSA) is 21.3 Å². The van der Waals surface area contributed by atoms with Gasteiger partial charge in [-0.25, -0.2) is 0 Å². The molecular formula is C16H26BrNO. The van der Waals surface area contributed by atoms with E-state index in [-0.39, 0.29) is 0 Å². The molecule has 0 amide bonds. The van der Waals surface area contributed by atoms with Crippen LogP contribution in [0.1, 0.15) is 32.3 Å². The van der Waals surface area contributed by atoms with Gasteiger partial charge in [-0.3, -0.25) is 0 Å². The van der Waals surface area contributed by atoms with E-state index in [9.17, 15) is 0 Å². The Hall–Kier alpha value is -0.380. The van der Waals surface area contributed by atoms with E-state index in [1.54, 1.807) is 0 Å². The number of benzene rings is 1. The van der Waals surface area contributed by atoms with Gasteiger partial charge in [-0.2, -0.15) is 0 Å². The highest BCUT2D eigenvalue weighted by atomic mass is 79.9. The molecule has 1 N–H and O–H groups in total. The summed E-state index contributed by atoms with van der Waals surface area (Å²) in [7, 11) is 0. The van der Waals surface area contributed by atoms with Crippen LogP contribution in [0, 0.1) is 5.92 Å². The quantitative estimate of drug-likeness (QED) is 0.655. The fourth-order valence-corrected chi connectivity index (χ4v) is 2.54. The third-order valence-electron chi connectivity index (χ3n) is 3.17. The lowest BCUT2D eigenvalue weighted by molar-refractivity contribution is 0.120. The van der Waals surface area contributed by atoms with Crippen molar-refractivity contribution in [1.82, 2.24) is 5.32 Å². The van der Waals surface area contributed by atoms with Crippen LogP contribution in [-0.4, -0.2) is 26.3 Å². The Balaban J connectivity index is 2.46. The Kier molecular flexibility index (Phi) is 9.14. The molecule has 1 aromatic rings. The Labute approximate surface area is 126 Å². The smallest absolute Gasteiger partial charge is 0.0469 e. The summed E-state index contributed by atoms with van der Waals surface area (Å²) in [6.45, 7) is 8.15. The van der Waals surface area contributed by atoms with Crippen molar-refractivity contribution in [2.45, 2.75) is 33.1 Å². The van der Waals surface area contributed by atoms with Gasteiger partial charge in [0, 0.05) is 17.7 Å². The number of ether oxygens (including phenoxy) is 1. The van der Waals surface area contributed by atoms with E-state index in [0.717, 1.165) is 45.6 Å². The van der Waals surface area contributed by atoms with Gasteiger partial charge in [0.25, 0.3) is 0 Å². The number of rotatable bonds is 10. The van der Waals surface area contributed by atoms with Gasteiger partial charge in [-0.1, -0.05) is 48.0 Å². The summed E-state index contributed by atoms with van der Waals surface area (Å²) in [6, 6.07) is 8.50. The first kappa shape index (κ1) is 16.7. The van der Waals surface area contributed by atoms with Gasteiger partial charge >= 0.3 is 0 Å². The van der Waals surface area contributed by atoms with Crippen LogP contribution in [0.3, 0.4) is 0 Å². The minimum absolute atomic E-state index is 0.635. The summed E-state index contributed by atoms with van der Waals surface area (Å²) in [5.41, 5.74) is 1.39. The first-order valence-electron chi connectivity index (χ1n) is 7.29. The molecule has 0 saturated carbocycles. The van der Waals surface area contributed by atoms with Crippen molar-refractivity contribution >= 4 is 15.9 Å². The standard InChI is InChI=1S/C16H26BrNO/c1-3-10-19-11-9-14(13-18-4-2)12-15-7-5-6-8-16(15)17/h5-8,14,18H,3-4,9-13H2,1-2H3. The summed E-state index contributed by atoms with van der Waals surface area (Å²) in [4.78, 5) is 0. The molecule has 0 saturated heterocycles. The maximum atomic E-state index is 5.62. The largest absolute Gasteiger partial charge is 0.381 e. The lowest BCUT2D eigenvalue weighted by atomic mass is 9.96. The van der Waals surface area contributed by atoms with Gasteiger partial charge in [0.1, 0.15) is 0 Å². The van der Waals surface area contributed by atoms with Crippen LogP contribution in [-0.2, 0) is 11.2 Å². The van der Waals surface area contributed by atoms with Gasteiger partial charge in [-0.15, -0.1) is 0 Å². The summed E-state index contributed by atoms with van der Waals surface area (Å²) < 4.78 is 6.84. The number of nitrogens with one attached hydrogen (secondary N) is 1. The molecule has 0 radical (unpaired) electrons. The van der Waals surface area contributed by atoms with Crippen molar-refractivity contribution in [3.8, 4) is 0 Å². The highest BCUT2D eigenvalue weighted by Gasteiger charge is 2.11. The predicted molar refractivity (Wildman–Crippen MR) is 85.6 cm³/mol. The molecule has 1 unspecified atom stereocenters. The van der Waals surface area contributed by atoms with Crippen LogP contribution in [0.15, 0.2) is 28.7 Å². The van der Waals surface area contributed by atoms with Crippen molar-refractivity contribution < 1.29 is 4.74 Å². The Morgan fingerprint density at radius 3 is 2.68 bits per heavy atom. The second-order valence-corrected chi connectivity index (χ2v) is 5.72. The van der Waals surface area contributed by atoms with Gasteiger partial charge in [0.05, 0.1) is 0 Å². The summed E-state index contributed by atoms with van der Waals surface area (Å²) in [6.07, 6.45) is 3.32. The Bertz CT molecular complexity index is 343. The van der Waals surface area contributed by atoms with Crippen molar-refractivity contribution in [3.63, 3.8) is 0 Å². The fraction of sp³-hybridized carbons (Fsp3) is 0.625. The van der Waals surface area contributed by atoms with E-state index < -0.39 is 0 Å². The van der Waals surface area contributed by atoms with Gasteiger partial charge in [0.15, 0.2) is 0 Å². The summed E-state index contributed by atoms with van der Waals surface area (Å²) in [5.74, 6) is 0.635. The van der Waals surface area contributed by atoms with E-state index in [0.29, 0.717) is 5.92 Å². The third kappa shape index (κ3) is 7.09. The van der Waals surface area contributed by atoms with Gasteiger partial charge < -0.3 is 10.1 Å². The lowest BCUT2D eigenvalue weighted by Crippen LogP contribution is -2.25. The molecule has 3 heteroatoms. The molecule has 108 valence electrons. The average Bonchev–Trinajstić information content (AvgIpc) is 2.43. The van der Waals surface area contributed by atoms with E-state index >= 15 is 0 Å². The molecule has 0 spiro atoms. The second kappa shape index (κ2) is 10.4. The van der Waals surface area contributed by atoms with Crippen LogP contribution in [0.2, 0.25) is 0 Å². The highest BCUT2D eigenvalue weighted by molar-refractivity contribution is 9.10. The van der Waals surface area contributed by atoms with Crippen molar-refractivity contribution in [1.29, 1.82) is 0 Å². The van der Waals surface area contributed by atoms with Crippen molar-refractivity contribution in [2.75, 3.05) is 26.3 Å². The minimum atomic E-state index is 0.635. The molecule has 1 aromatic carbocycles. The average molecular weight is 328 g/mol. The molecule has 0 aliphatic rings. The zero-order valence-electron chi connectivity index (χ0n) is 12.1. The molecule has 0 fully saturated rings. The molecule has 1 rings (SSSR count). The zero-order valence-corrected chi connectivity index (χ0v) is 13.7. The molecule has 1 atom stereocenters. The van der Waals surface area contributed by atoms with Gasteiger partial charge in [0.2, 0.25) is 0 Å². The second-order valence-electron chi connectivity index (χ2n) is 4.87. The SMILES string of the molecule is CCCOCCC(CNCC)Cc1ccccc1Br. The van der Waals surface area contributed by atoms with Crippen LogP contribution >= 0.6 is 15.9 Å². The minimum Gasteiger partial charge on any atom is -0.381 e. The third-order valence-corrected chi connectivity index (χ3v) is 3.94. The molecule has 19 heavy (non-hydrogen) atoms. The van der Waals surface area contributed by atoms with Crippen molar-refractivity contribution in [2.24, 2.45) is 5.92 Å². The van der Waals surface area contributed by atoms with Crippen molar-refractivity contribution in [3.05, 3.63) is 34.3 Å². The lowest BCUT2D eigenvalue weighted by Gasteiger charge is -2.18. The zero-order chi connectivity index (χ0) is 13.9. The number of hydrogen-bond acceptors (Lipinski definition) is 2. The molecule has 0 aromatic heterocycles. The summed E-state index contributed by atoms with van der Waals surface area (Å²) >= 11 is 3.63. The van der Waals surface area contributed by atoms with Gasteiger partial charge in [-0.05, 0) is 49.9 Å². The van der Waals surface area contributed by atoms with Crippen LogP contribution in [0.25, 0.3) is 0 Å². The number of hydrogen-bond donors (Lipinski definition) is 1. The molecule has 0 bridgehead atoms. The van der Waals surface area contributed by atoms with Crippen LogP contribution in [0.5, 0.6) is 0 Å². The predicted octanol–water partition coefficient (Wildman–Crippen LogP) is 4.03. The molecule has 0 aliphatic heterocycles. The molecule has 0 heterocycles. The maximum Gasteiger partial charge on any atom is 0.0469 e. The molecule has 2 nitrogen and oxygen atoms in total. The van der Waals surface area contributed by atoms with E-state index in [2.05, 4.69) is 59.4 Å². The van der Waals surface area contributed by atoms with E-state index in [1.807, 2.05) is 0 Å². The first-order valence-corrected chi connectivity index (χ1v) is 8.09. The monoisotopic (exact) mass is 327 g/mol.